The van der Waals surface area contributed by atoms with Crippen LogP contribution in [0, 0.1) is 24.1 Å². The molecule has 4 nitrogen and oxygen atoms in total. The van der Waals surface area contributed by atoms with Gasteiger partial charge in [0.1, 0.15) is 11.5 Å². The van der Waals surface area contributed by atoms with Crippen LogP contribution >= 0.6 is 11.6 Å². The van der Waals surface area contributed by atoms with E-state index >= 15 is 0 Å². The molecule has 114 valence electrons. The maximum absolute atomic E-state index is 14.3. The van der Waals surface area contributed by atoms with E-state index in [2.05, 4.69) is 4.98 Å². The van der Waals surface area contributed by atoms with Crippen LogP contribution in [0.5, 0.6) is 0 Å². The number of rotatable bonds is 2. The second-order valence-corrected chi connectivity index (χ2v) is 5.61. The van der Waals surface area contributed by atoms with Crippen molar-refractivity contribution < 1.29 is 9.18 Å². The first-order valence-corrected chi connectivity index (χ1v) is 7.12. The van der Waals surface area contributed by atoms with Crippen molar-refractivity contribution in [3.8, 4) is 17.2 Å². The molecule has 2 aromatic carbocycles. The predicted octanol–water partition coefficient (Wildman–Crippen LogP) is 3.91. The molecule has 23 heavy (non-hydrogen) atoms. The van der Waals surface area contributed by atoms with E-state index in [-0.39, 0.29) is 16.3 Å². The number of carbonyl (C=O) groups excluding carboxylic acids is 1. The molecular weight excluding hydrogens is 317 g/mol. The number of primary amides is 1. The lowest BCUT2D eigenvalue weighted by molar-refractivity contribution is 0.0996. The third-order valence-corrected chi connectivity index (χ3v) is 4.00. The average Bonchev–Trinajstić information content (AvgIpc) is 2.84. The minimum absolute atomic E-state index is 0.241. The van der Waals surface area contributed by atoms with Crippen LogP contribution in [0.15, 0.2) is 30.3 Å². The summed E-state index contributed by atoms with van der Waals surface area (Å²) in [5.74, 6) is -1.12. The normalized spacial score (nSPS) is 10.7. The van der Waals surface area contributed by atoms with Crippen LogP contribution in [-0.4, -0.2) is 10.9 Å². The summed E-state index contributed by atoms with van der Waals surface area (Å²) in [7, 11) is 0. The van der Waals surface area contributed by atoms with Crippen molar-refractivity contribution in [1.82, 2.24) is 4.98 Å². The minimum Gasteiger partial charge on any atom is -0.364 e. The number of H-pyrrole nitrogens is 1. The van der Waals surface area contributed by atoms with Gasteiger partial charge in [-0.2, -0.15) is 5.26 Å². The van der Waals surface area contributed by atoms with Gasteiger partial charge in [0.25, 0.3) is 5.91 Å². The molecular formula is C17H11ClFN3O. The van der Waals surface area contributed by atoms with Crippen LogP contribution in [0.4, 0.5) is 4.39 Å². The van der Waals surface area contributed by atoms with Crippen molar-refractivity contribution in [3.05, 3.63) is 58.0 Å². The number of aryl methyl sites for hydroxylation is 1. The molecule has 0 bridgehead atoms. The summed E-state index contributed by atoms with van der Waals surface area (Å²) in [6, 6.07) is 9.56. The fourth-order valence-electron chi connectivity index (χ4n) is 2.66. The summed E-state index contributed by atoms with van der Waals surface area (Å²) in [5.41, 5.74) is 7.90. The van der Waals surface area contributed by atoms with E-state index < -0.39 is 11.7 Å². The zero-order chi connectivity index (χ0) is 16.7. The second kappa shape index (κ2) is 5.41. The number of carbonyl (C=O) groups is 1. The number of nitrogens with two attached hydrogens (primary N) is 1. The summed E-state index contributed by atoms with van der Waals surface area (Å²) < 4.78 is 14.3. The van der Waals surface area contributed by atoms with E-state index in [9.17, 15) is 14.4 Å². The first kappa shape index (κ1) is 15.1. The molecule has 0 spiro atoms. The van der Waals surface area contributed by atoms with Gasteiger partial charge in [-0.15, -0.1) is 0 Å². The summed E-state index contributed by atoms with van der Waals surface area (Å²) in [4.78, 5) is 14.5. The molecule has 1 aromatic heterocycles. The molecule has 0 aliphatic rings. The smallest absolute Gasteiger partial charge is 0.265 e. The Balaban J connectivity index is 2.42. The molecule has 0 radical (unpaired) electrons. The highest BCUT2D eigenvalue weighted by Gasteiger charge is 2.18. The lowest BCUT2D eigenvalue weighted by Gasteiger charge is -2.07. The number of amides is 1. The molecule has 0 aliphatic heterocycles. The maximum Gasteiger partial charge on any atom is 0.265 e. The number of nitrogens with one attached hydrogen (secondary N) is 1. The summed E-state index contributed by atoms with van der Waals surface area (Å²) in [6.07, 6.45) is 0. The summed E-state index contributed by atoms with van der Waals surface area (Å²) in [6.45, 7) is 1.72. The number of nitriles is 1. The molecule has 1 heterocycles. The molecule has 0 saturated heterocycles. The highest BCUT2D eigenvalue weighted by molar-refractivity contribution is 6.30. The molecule has 0 fully saturated rings. The van der Waals surface area contributed by atoms with Crippen molar-refractivity contribution in [3.63, 3.8) is 0 Å². The summed E-state index contributed by atoms with van der Waals surface area (Å²) in [5, 5.41) is 10.2. The van der Waals surface area contributed by atoms with Crippen molar-refractivity contribution in [1.29, 1.82) is 5.26 Å². The van der Waals surface area contributed by atoms with Crippen LogP contribution in [0.1, 0.15) is 21.6 Å². The maximum atomic E-state index is 14.3. The van der Waals surface area contributed by atoms with E-state index in [0.29, 0.717) is 27.6 Å². The van der Waals surface area contributed by atoms with Crippen molar-refractivity contribution in [2.24, 2.45) is 5.73 Å². The third kappa shape index (κ3) is 2.43. The molecule has 0 atom stereocenters. The Kier molecular flexibility index (Phi) is 3.55. The number of hydrogen-bond acceptors (Lipinski definition) is 2. The van der Waals surface area contributed by atoms with Gasteiger partial charge in [0.15, 0.2) is 0 Å². The molecule has 0 unspecified atom stereocenters. The largest absolute Gasteiger partial charge is 0.364 e. The van der Waals surface area contributed by atoms with Gasteiger partial charge in [-0.25, -0.2) is 4.39 Å². The number of halogens is 2. The van der Waals surface area contributed by atoms with Gasteiger partial charge in [0.05, 0.1) is 17.1 Å². The van der Waals surface area contributed by atoms with E-state index in [1.807, 2.05) is 6.07 Å². The molecule has 3 rings (SSSR count). The standard InChI is InChI=1S/C17H11ClFN3O/c1-8-12-4-9(7-20)5-13(16(12)22-15(8)17(21)23)11-3-2-10(18)6-14(11)19/h2-6,22H,1H3,(H2,21,23). The SMILES string of the molecule is Cc1c(C(N)=O)[nH]c2c(-c3ccc(Cl)cc3F)cc(C#N)cc12. The zero-order valence-corrected chi connectivity index (χ0v) is 12.8. The fourth-order valence-corrected chi connectivity index (χ4v) is 2.82. The first-order chi connectivity index (χ1) is 10.9. The highest BCUT2D eigenvalue weighted by Crippen LogP contribution is 2.34. The third-order valence-electron chi connectivity index (χ3n) is 3.76. The lowest BCUT2D eigenvalue weighted by Crippen LogP contribution is -2.12. The number of hydrogen-bond donors (Lipinski definition) is 2. The van der Waals surface area contributed by atoms with Gasteiger partial charge in [0, 0.05) is 21.5 Å². The van der Waals surface area contributed by atoms with Gasteiger partial charge < -0.3 is 10.7 Å². The Labute approximate surface area is 136 Å². The van der Waals surface area contributed by atoms with E-state index in [1.54, 1.807) is 25.1 Å². The molecule has 6 heteroatoms. The predicted molar refractivity (Wildman–Crippen MR) is 86.7 cm³/mol. The minimum atomic E-state index is -0.611. The lowest BCUT2D eigenvalue weighted by atomic mass is 9.98. The second-order valence-electron chi connectivity index (χ2n) is 5.17. The number of aromatic nitrogens is 1. The van der Waals surface area contributed by atoms with E-state index in [4.69, 9.17) is 17.3 Å². The van der Waals surface area contributed by atoms with Crippen molar-refractivity contribution in [2.75, 3.05) is 0 Å². The van der Waals surface area contributed by atoms with Gasteiger partial charge in [-0.1, -0.05) is 11.6 Å². The molecule has 3 aromatic rings. The Bertz CT molecular complexity index is 1000. The molecule has 1 amide bonds. The quantitative estimate of drug-likeness (QED) is 0.748. The van der Waals surface area contributed by atoms with Gasteiger partial charge >= 0.3 is 0 Å². The zero-order valence-electron chi connectivity index (χ0n) is 12.1. The van der Waals surface area contributed by atoms with Crippen LogP contribution in [0.2, 0.25) is 5.02 Å². The summed E-state index contributed by atoms with van der Waals surface area (Å²) >= 11 is 5.79. The van der Waals surface area contributed by atoms with Crippen LogP contribution in [0.25, 0.3) is 22.0 Å². The van der Waals surface area contributed by atoms with Crippen LogP contribution in [0.3, 0.4) is 0 Å². The number of nitrogens with zero attached hydrogens (tertiary/aromatic N) is 1. The van der Waals surface area contributed by atoms with Crippen LogP contribution in [-0.2, 0) is 0 Å². The fraction of sp³-hybridized carbons (Fsp3) is 0.0588. The van der Waals surface area contributed by atoms with Crippen molar-refractivity contribution in [2.45, 2.75) is 6.92 Å². The number of fused-ring (bicyclic) bond motifs is 1. The monoisotopic (exact) mass is 327 g/mol. The van der Waals surface area contributed by atoms with Gasteiger partial charge in [-0.05, 0) is 42.8 Å². The van der Waals surface area contributed by atoms with Crippen molar-refractivity contribution >= 4 is 28.4 Å². The Morgan fingerprint density at radius 3 is 2.65 bits per heavy atom. The van der Waals surface area contributed by atoms with Crippen LogP contribution < -0.4 is 5.73 Å². The molecule has 0 aliphatic carbocycles. The molecule has 3 N–H and O–H groups in total. The van der Waals surface area contributed by atoms with E-state index in [1.165, 1.54) is 12.1 Å². The topological polar surface area (TPSA) is 82.7 Å². The Hall–Kier alpha value is -2.84. The molecule has 0 saturated carbocycles. The van der Waals surface area contributed by atoms with E-state index in [0.717, 1.165) is 0 Å². The number of benzene rings is 2. The number of aromatic amines is 1. The average molecular weight is 328 g/mol. The first-order valence-electron chi connectivity index (χ1n) is 6.74. The highest BCUT2D eigenvalue weighted by atomic mass is 35.5. The Morgan fingerprint density at radius 1 is 1.30 bits per heavy atom. The van der Waals surface area contributed by atoms with Gasteiger partial charge in [0.2, 0.25) is 0 Å². The Morgan fingerprint density at radius 2 is 2.04 bits per heavy atom. The van der Waals surface area contributed by atoms with Gasteiger partial charge in [-0.3, -0.25) is 4.79 Å².